The van der Waals surface area contributed by atoms with Crippen molar-refractivity contribution in [3.8, 4) is 17.2 Å². The lowest BCUT2D eigenvalue weighted by Crippen LogP contribution is -2.07. The number of nitriles is 1. The zero-order chi connectivity index (χ0) is 14.8. The SMILES string of the molecule is CN(C)c1ccc2cc(-c3ccncc3C#N)ccc2c1. The van der Waals surface area contributed by atoms with Gasteiger partial charge < -0.3 is 4.90 Å². The van der Waals surface area contributed by atoms with Crippen molar-refractivity contribution in [1.29, 1.82) is 5.26 Å². The molecule has 0 bridgehead atoms. The number of rotatable bonds is 2. The predicted octanol–water partition coefficient (Wildman–Crippen LogP) is 3.84. The molecule has 0 saturated carbocycles. The van der Waals surface area contributed by atoms with Crippen molar-refractivity contribution in [3.05, 3.63) is 60.4 Å². The van der Waals surface area contributed by atoms with Crippen molar-refractivity contribution in [2.24, 2.45) is 0 Å². The number of anilines is 1. The van der Waals surface area contributed by atoms with Gasteiger partial charge in [-0.05, 0) is 40.6 Å². The lowest BCUT2D eigenvalue weighted by Gasteiger charge is -2.13. The Bertz CT molecular complexity index is 844. The highest BCUT2D eigenvalue weighted by atomic mass is 15.1. The molecule has 1 heterocycles. The Labute approximate surface area is 124 Å². The van der Waals surface area contributed by atoms with E-state index in [0.29, 0.717) is 5.56 Å². The highest BCUT2D eigenvalue weighted by Gasteiger charge is 2.06. The van der Waals surface area contributed by atoms with Gasteiger partial charge in [0.05, 0.1) is 5.56 Å². The molecule has 0 aliphatic heterocycles. The second-order valence-electron chi connectivity index (χ2n) is 5.17. The third-order valence-corrected chi connectivity index (χ3v) is 3.59. The van der Waals surface area contributed by atoms with Gasteiger partial charge in [-0.3, -0.25) is 4.98 Å². The molecule has 0 aliphatic rings. The van der Waals surface area contributed by atoms with Gasteiger partial charge in [0, 0.05) is 37.7 Å². The molecule has 21 heavy (non-hydrogen) atoms. The Morgan fingerprint density at radius 3 is 2.52 bits per heavy atom. The molecule has 3 rings (SSSR count). The predicted molar refractivity (Wildman–Crippen MR) is 86.2 cm³/mol. The van der Waals surface area contributed by atoms with E-state index in [1.165, 1.54) is 16.5 Å². The monoisotopic (exact) mass is 273 g/mol. The Kier molecular flexibility index (Phi) is 3.29. The molecule has 3 heteroatoms. The summed E-state index contributed by atoms with van der Waals surface area (Å²) in [5.41, 5.74) is 3.74. The molecular formula is C18H15N3. The lowest BCUT2D eigenvalue weighted by molar-refractivity contribution is 1.14. The minimum Gasteiger partial charge on any atom is -0.378 e. The van der Waals surface area contributed by atoms with Crippen LogP contribution in [0.4, 0.5) is 5.69 Å². The number of pyridine rings is 1. The normalized spacial score (nSPS) is 10.3. The fraction of sp³-hybridized carbons (Fsp3) is 0.111. The molecule has 0 fully saturated rings. The molecule has 102 valence electrons. The van der Waals surface area contributed by atoms with E-state index in [-0.39, 0.29) is 0 Å². The van der Waals surface area contributed by atoms with E-state index < -0.39 is 0 Å². The van der Waals surface area contributed by atoms with E-state index in [1.807, 2.05) is 20.2 Å². The summed E-state index contributed by atoms with van der Waals surface area (Å²) in [5, 5.41) is 11.6. The number of hydrogen-bond donors (Lipinski definition) is 0. The van der Waals surface area contributed by atoms with Crippen molar-refractivity contribution in [2.45, 2.75) is 0 Å². The van der Waals surface area contributed by atoms with E-state index in [9.17, 15) is 5.26 Å². The number of aromatic nitrogens is 1. The number of fused-ring (bicyclic) bond motifs is 1. The molecule has 0 N–H and O–H groups in total. The van der Waals surface area contributed by atoms with Crippen LogP contribution in [0.25, 0.3) is 21.9 Å². The van der Waals surface area contributed by atoms with Crippen LogP contribution in [-0.2, 0) is 0 Å². The van der Waals surface area contributed by atoms with Crippen molar-refractivity contribution < 1.29 is 0 Å². The molecule has 0 aliphatic carbocycles. The highest BCUT2D eigenvalue weighted by Crippen LogP contribution is 2.28. The Morgan fingerprint density at radius 1 is 1.00 bits per heavy atom. The van der Waals surface area contributed by atoms with E-state index >= 15 is 0 Å². The van der Waals surface area contributed by atoms with Crippen LogP contribution in [0.1, 0.15) is 5.56 Å². The summed E-state index contributed by atoms with van der Waals surface area (Å²) in [6.07, 6.45) is 3.32. The first-order valence-corrected chi connectivity index (χ1v) is 6.74. The molecule has 0 spiro atoms. The number of nitrogens with zero attached hydrogens (tertiary/aromatic N) is 3. The summed E-state index contributed by atoms with van der Waals surface area (Å²) in [7, 11) is 4.07. The number of benzene rings is 2. The first-order valence-electron chi connectivity index (χ1n) is 6.74. The van der Waals surface area contributed by atoms with Gasteiger partial charge in [-0.15, -0.1) is 0 Å². The van der Waals surface area contributed by atoms with Gasteiger partial charge in [-0.1, -0.05) is 18.2 Å². The fourth-order valence-electron chi connectivity index (χ4n) is 2.41. The second kappa shape index (κ2) is 5.26. The first-order chi connectivity index (χ1) is 10.2. The largest absolute Gasteiger partial charge is 0.378 e. The van der Waals surface area contributed by atoms with Crippen LogP contribution in [-0.4, -0.2) is 19.1 Å². The summed E-state index contributed by atoms with van der Waals surface area (Å²) in [4.78, 5) is 6.09. The average molecular weight is 273 g/mol. The molecule has 0 saturated heterocycles. The summed E-state index contributed by atoms with van der Waals surface area (Å²) < 4.78 is 0. The minimum absolute atomic E-state index is 0.599. The van der Waals surface area contributed by atoms with E-state index in [2.05, 4.69) is 52.4 Å². The molecule has 0 radical (unpaired) electrons. The van der Waals surface area contributed by atoms with E-state index in [4.69, 9.17) is 0 Å². The minimum atomic E-state index is 0.599. The molecular weight excluding hydrogens is 258 g/mol. The molecule has 3 nitrogen and oxygen atoms in total. The Balaban J connectivity index is 2.14. The van der Waals surface area contributed by atoms with Gasteiger partial charge in [0.15, 0.2) is 0 Å². The maximum Gasteiger partial charge on any atom is 0.101 e. The second-order valence-corrected chi connectivity index (χ2v) is 5.17. The summed E-state index contributed by atoms with van der Waals surface area (Å²) in [5.74, 6) is 0. The highest BCUT2D eigenvalue weighted by molar-refractivity contribution is 5.90. The lowest BCUT2D eigenvalue weighted by atomic mass is 9.99. The smallest absolute Gasteiger partial charge is 0.101 e. The van der Waals surface area contributed by atoms with E-state index in [0.717, 1.165) is 11.1 Å². The van der Waals surface area contributed by atoms with Crippen molar-refractivity contribution in [1.82, 2.24) is 4.98 Å². The zero-order valence-electron chi connectivity index (χ0n) is 12.0. The van der Waals surface area contributed by atoms with E-state index in [1.54, 1.807) is 12.4 Å². The maximum atomic E-state index is 9.19. The number of hydrogen-bond acceptors (Lipinski definition) is 3. The topological polar surface area (TPSA) is 39.9 Å². The quantitative estimate of drug-likeness (QED) is 0.712. The van der Waals surface area contributed by atoms with Crippen LogP contribution in [0.3, 0.4) is 0 Å². The third-order valence-electron chi connectivity index (χ3n) is 3.59. The van der Waals surface area contributed by atoms with Gasteiger partial charge in [0.2, 0.25) is 0 Å². The molecule has 1 aromatic heterocycles. The molecule has 2 aromatic carbocycles. The van der Waals surface area contributed by atoms with Crippen molar-refractivity contribution in [2.75, 3.05) is 19.0 Å². The Hall–Kier alpha value is -2.86. The molecule has 0 amide bonds. The van der Waals surface area contributed by atoms with Crippen LogP contribution in [0.5, 0.6) is 0 Å². The van der Waals surface area contributed by atoms with Crippen molar-refractivity contribution in [3.63, 3.8) is 0 Å². The fourth-order valence-corrected chi connectivity index (χ4v) is 2.41. The molecule has 3 aromatic rings. The van der Waals surface area contributed by atoms with Crippen LogP contribution < -0.4 is 4.90 Å². The average Bonchev–Trinajstić information content (AvgIpc) is 2.53. The molecule has 0 atom stereocenters. The maximum absolute atomic E-state index is 9.19. The van der Waals surface area contributed by atoms with Crippen LogP contribution in [0.2, 0.25) is 0 Å². The van der Waals surface area contributed by atoms with Gasteiger partial charge in [0.25, 0.3) is 0 Å². The first kappa shape index (κ1) is 13.1. The molecule has 0 unspecified atom stereocenters. The zero-order valence-corrected chi connectivity index (χ0v) is 12.0. The van der Waals surface area contributed by atoms with Gasteiger partial charge in [-0.25, -0.2) is 0 Å². The third kappa shape index (κ3) is 2.44. The van der Waals surface area contributed by atoms with Crippen LogP contribution in [0, 0.1) is 11.3 Å². The van der Waals surface area contributed by atoms with Gasteiger partial charge in [0.1, 0.15) is 6.07 Å². The summed E-state index contributed by atoms with van der Waals surface area (Å²) in [6, 6.07) is 16.7. The van der Waals surface area contributed by atoms with Crippen LogP contribution >= 0.6 is 0 Å². The van der Waals surface area contributed by atoms with Crippen molar-refractivity contribution >= 4 is 16.5 Å². The van der Waals surface area contributed by atoms with Gasteiger partial charge >= 0.3 is 0 Å². The summed E-state index contributed by atoms with van der Waals surface area (Å²) >= 11 is 0. The standard InChI is InChI=1S/C18H15N3/c1-21(2)17-6-5-13-9-15(4-3-14(13)10-17)18-7-8-20-12-16(18)11-19/h3-10,12H,1-2H3. The Morgan fingerprint density at radius 2 is 1.76 bits per heavy atom. The summed E-state index contributed by atoms with van der Waals surface area (Å²) in [6.45, 7) is 0. The van der Waals surface area contributed by atoms with Gasteiger partial charge in [-0.2, -0.15) is 5.26 Å². The van der Waals surface area contributed by atoms with Crippen LogP contribution in [0.15, 0.2) is 54.9 Å².